The molecule has 2 heteroatoms. The maximum atomic E-state index is 10.4. The molecule has 1 aliphatic carbocycles. The lowest BCUT2D eigenvalue weighted by atomic mass is 9.90. The monoisotopic (exact) mass is 220 g/mol. The van der Waals surface area contributed by atoms with Crippen LogP contribution in [0, 0.1) is 5.92 Å². The molecular formula is C14H20O2. The molecule has 0 spiro atoms. The number of hydrogen-bond donors (Lipinski definition) is 1. The first-order valence-electron chi connectivity index (χ1n) is 5.99. The molecule has 0 aliphatic heterocycles. The van der Waals surface area contributed by atoms with Gasteiger partial charge in [-0.1, -0.05) is 25.0 Å². The maximum Gasteiger partial charge on any atom is 0.118 e. The highest BCUT2D eigenvalue weighted by Crippen LogP contribution is 2.38. The Morgan fingerprint density at radius 2 is 1.94 bits per heavy atom. The molecule has 1 unspecified atom stereocenters. The lowest BCUT2D eigenvalue weighted by Crippen LogP contribution is -2.21. The molecule has 1 fully saturated rings. The summed E-state index contributed by atoms with van der Waals surface area (Å²) >= 11 is 0. The van der Waals surface area contributed by atoms with Crippen molar-refractivity contribution in [3.8, 4) is 5.75 Å². The van der Waals surface area contributed by atoms with Gasteiger partial charge in [0.15, 0.2) is 0 Å². The van der Waals surface area contributed by atoms with Crippen LogP contribution in [0.2, 0.25) is 0 Å². The van der Waals surface area contributed by atoms with E-state index < -0.39 is 5.60 Å². The molecule has 2 nitrogen and oxygen atoms in total. The highest BCUT2D eigenvalue weighted by molar-refractivity contribution is 5.30. The van der Waals surface area contributed by atoms with Gasteiger partial charge in [-0.2, -0.15) is 0 Å². The molecule has 0 amide bonds. The Bertz CT molecular complexity index is 336. The van der Waals surface area contributed by atoms with Gasteiger partial charge in [0.1, 0.15) is 5.75 Å². The topological polar surface area (TPSA) is 29.5 Å². The first-order chi connectivity index (χ1) is 7.62. The summed E-state index contributed by atoms with van der Waals surface area (Å²) in [6.45, 7) is 1.90. The van der Waals surface area contributed by atoms with Crippen molar-refractivity contribution in [3.05, 3.63) is 29.8 Å². The van der Waals surface area contributed by atoms with Gasteiger partial charge in [0, 0.05) is 0 Å². The summed E-state index contributed by atoms with van der Waals surface area (Å²) < 4.78 is 5.11. The van der Waals surface area contributed by atoms with Crippen LogP contribution in [0.25, 0.3) is 0 Å². The van der Waals surface area contributed by atoms with Crippen LogP contribution in [0.1, 0.15) is 38.2 Å². The Hall–Kier alpha value is -1.02. The molecule has 1 aliphatic rings. The summed E-state index contributed by atoms with van der Waals surface area (Å²) in [7, 11) is 1.65. The van der Waals surface area contributed by atoms with E-state index in [1.54, 1.807) is 7.11 Å². The van der Waals surface area contributed by atoms with Crippen LogP contribution in [-0.4, -0.2) is 12.2 Å². The average Bonchev–Trinajstić information content (AvgIpc) is 3.10. The van der Waals surface area contributed by atoms with Crippen molar-refractivity contribution in [2.45, 2.75) is 38.2 Å². The van der Waals surface area contributed by atoms with Crippen LogP contribution >= 0.6 is 0 Å². The van der Waals surface area contributed by atoms with Gasteiger partial charge in [-0.15, -0.1) is 0 Å². The van der Waals surface area contributed by atoms with Gasteiger partial charge in [0.05, 0.1) is 12.7 Å². The Labute approximate surface area is 97.3 Å². The van der Waals surface area contributed by atoms with Gasteiger partial charge in [0.25, 0.3) is 0 Å². The van der Waals surface area contributed by atoms with E-state index in [1.165, 1.54) is 12.8 Å². The second kappa shape index (κ2) is 4.46. The Morgan fingerprint density at radius 3 is 2.44 bits per heavy atom. The minimum atomic E-state index is -0.700. The highest BCUT2D eigenvalue weighted by Gasteiger charge is 2.28. The Kier molecular flexibility index (Phi) is 3.20. The summed E-state index contributed by atoms with van der Waals surface area (Å²) in [5, 5.41) is 10.4. The second-order valence-electron chi connectivity index (χ2n) is 4.98. The van der Waals surface area contributed by atoms with Crippen LogP contribution < -0.4 is 4.74 Å². The normalized spacial score (nSPS) is 19.2. The fraction of sp³-hybridized carbons (Fsp3) is 0.571. The van der Waals surface area contributed by atoms with Crippen molar-refractivity contribution in [2.24, 2.45) is 5.92 Å². The van der Waals surface area contributed by atoms with E-state index in [0.29, 0.717) is 0 Å². The zero-order valence-electron chi connectivity index (χ0n) is 10.1. The zero-order chi connectivity index (χ0) is 11.6. The third-order valence-corrected chi connectivity index (χ3v) is 3.45. The van der Waals surface area contributed by atoms with E-state index in [2.05, 4.69) is 0 Å². The van der Waals surface area contributed by atoms with Crippen molar-refractivity contribution < 1.29 is 9.84 Å². The molecule has 1 N–H and O–H groups in total. The van der Waals surface area contributed by atoms with Crippen LogP contribution in [0.5, 0.6) is 5.75 Å². The number of hydrogen-bond acceptors (Lipinski definition) is 2. The first-order valence-corrected chi connectivity index (χ1v) is 5.99. The number of benzene rings is 1. The molecular weight excluding hydrogens is 200 g/mol. The van der Waals surface area contributed by atoms with Gasteiger partial charge < -0.3 is 9.84 Å². The zero-order valence-corrected chi connectivity index (χ0v) is 10.1. The highest BCUT2D eigenvalue weighted by atomic mass is 16.5. The van der Waals surface area contributed by atoms with Crippen molar-refractivity contribution in [1.29, 1.82) is 0 Å². The molecule has 16 heavy (non-hydrogen) atoms. The minimum Gasteiger partial charge on any atom is -0.497 e. The fourth-order valence-electron chi connectivity index (χ4n) is 1.99. The molecule has 1 atom stereocenters. The number of ether oxygens (including phenoxy) is 1. The summed E-state index contributed by atoms with van der Waals surface area (Å²) in [6, 6.07) is 7.71. The minimum absolute atomic E-state index is 0.700. The Balaban J connectivity index is 2.01. The van der Waals surface area contributed by atoms with Crippen LogP contribution in [0.15, 0.2) is 24.3 Å². The van der Waals surface area contributed by atoms with Crippen molar-refractivity contribution in [3.63, 3.8) is 0 Å². The summed E-state index contributed by atoms with van der Waals surface area (Å²) in [4.78, 5) is 0. The predicted molar refractivity (Wildman–Crippen MR) is 64.5 cm³/mol. The maximum absolute atomic E-state index is 10.4. The molecule has 2 rings (SSSR count). The van der Waals surface area contributed by atoms with Gasteiger partial charge in [0.2, 0.25) is 0 Å². The summed E-state index contributed by atoms with van der Waals surface area (Å²) in [5.74, 6) is 1.70. The van der Waals surface area contributed by atoms with E-state index in [0.717, 1.165) is 30.1 Å². The largest absolute Gasteiger partial charge is 0.497 e. The second-order valence-corrected chi connectivity index (χ2v) is 4.98. The summed E-state index contributed by atoms with van der Waals surface area (Å²) in [6.07, 6.45) is 4.68. The van der Waals surface area contributed by atoms with Crippen LogP contribution in [0.4, 0.5) is 0 Å². The fourth-order valence-corrected chi connectivity index (χ4v) is 1.99. The first kappa shape index (κ1) is 11.5. The molecule has 0 heterocycles. The van der Waals surface area contributed by atoms with Gasteiger partial charge in [-0.25, -0.2) is 0 Å². The SMILES string of the molecule is COc1ccc(C(C)(O)CCC2CC2)cc1. The third-order valence-electron chi connectivity index (χ3n) is 3.45. The van der Waals surface area contributed by atoms with Crippen LogP contribution in [-0.2, 0) is 5.60 Å². The third kappa shape index (κ3) is 2.76. The average molecular weight is 220 g/mol. The number of rotatable bonds is 5. The van der Waals surface area contributed by atoms with Gasteiger partial charge in [-0.05, 0) is 43.4 Å². The Morgan fingerprint density at radius 1 is 1.31 bits per heavy atom. The molecule has 1 aromatic rings. The number of methoxy groups -OCH3 is 1. The van der Waals surface area contributed by atoms with Crippen molar-refractivity contribution in [2.75, 3.05) is 7.11 Å². The van der Waals surface area contributed by atoms with E-state index in [1.807, 2.05) is 31.2 Å². The van der Waals surface area contributed by atoms with Crippen molar-refractivity contribution >= 4 is 0 Å². The summed E-state index contributed by atoms with van der Waals surface area (Å²) in [5.41, 5.74) is 0.281. The molecule has 0 bridgehead atoms. The van der Waals surface area contributed by atoms with E-state index in [9.17, 15) is 5.11 Å². The molecule has 0 saturated heterocycles. The number of aliphatic hydroxyl groups is 1. The lowest BCUT2D eigenvalue weighted by molar-refractivity contribution is 0.0439. The van der Waals surface area contributed by atoms with E-state index in [-0.39, 0.29) is 0 Å². The van der Waals surface area contributed by atoms with E-state index in [4.69, 9.17) is 4.74 Å². The van der Waals surface area contributed by atoms with Crippen LogP contribution in [0.3, 0.4) is 0 Å². The smallest absolute Gasteiger partial charge is 0.118 e. The quantitative estimate of drug-likeness (QED) is 0.826. The lowest BCUT2D eigenvalue weighted by Gasteiger charge is -2.24. The van der Waals surface area contributed by atoms with Crippen molar-refractivity contribution in [1.82, 2.24) is 0 Å². The van der Waals surface area contributed by atoms with Gasteiger partial charge >= 0.3 is 0 Å². The molecule has 0 aromatic heterocycles. The molecule has 1 saturated carbocycles. The molecule has 88 valence electrons. The molecule has 1 aromatic carbocycles. The molecule has 0 radical (unpaired) electrons. The standard InChI is InChI=1S/C14H20O2/c1-14(15,10-9-11-3-4-11)12-5-7-13(16-2)8-6-12/h5-8,11,15H,3-4,9-10H2,1-2H3. The van der Waals surface area contributed by atoms with E-state index >= 15 is 0 Å². The van der Waals surface area contributed by atoms with Gasteiger partial charge in [-0.3, -0.25) is 0 Å². The predicted octanol–water partition coefficient (Wildman–Crippen LogP) is 3.09.